The molecule has 0 spiro atoms. The lowest BCUT2D eigenvalue weighted by Gasteiger charge is -2.36. The summed E-state index contributed by atoms with van der Waals surface area (Å²) in [6, 6.07) is 21.0. The van der Waals surface area contributed by atoms with Gasteiger partial charge in [-0.1, -0.05) is 73.9 Å². The van der Waals surface area contributed by atoms with Gasteiger partial charge in [-0.25, -0.2) is 14.4 Å². The van der Waals surface area contributed by atoms with E-state index in [-0.39, 0.29) is 51.3 Å². The van der Waals surface area contributed by atoms with Crippen molar-refractivity contribution in [2.24, 2.45) is 10.7 Å². The molecule has 0 aliphatic heterocycles. The van der Waals surface area contributed by atoms with E-state index in [1.54, 1.807) is 74.4 Å². The molecule has 0 radical (unpaired) electrons. The van der Waals surface area contributed by atoms with Crippen LogP contribution in [0, 0.1) is 0 Å². The minimum absolute atomic E-state index is 0.0181. The first-order valence-electron chi connectivity index (χ1n) is 28.9. The zero-order valence-electron chi connectivity index (χ0n) is 52.1. The SMILES string of the molecule is CC(C)(C)OC(=O)N=C(NCCCCCC[C@@](Cc1ccc(OC(C)(C)C)cc1)(NC(=O)[C@@H](N)Cc1ccc(OC(C)(C)C)cc1)C(=O)N[C@@H](CCCCNC(=O)OC(C)(C)C)C(=O)N[C@H](CO)Cc1ccccc1)NC(=O)OC(C)(C)C. The summed E-state index contributed by atoms with van der Waals surface area (Å²) in [5.41, 5.74) is 4.09. The number of unbranched alkanes of at least 4 members (excludes halogenated alkanes) is 4. The molecule has 0 saturated carbocycles. The topological polar surface area (TPSA) is 279 Å². The van der Waals surface area contributed by atoms with Crippen molar-refractivity contribution in [1.29, 1.82) is 0 Å². The molecule has 0 saturated heterocycles. The number of rotatable bonds is 27. The van der Waals surface area contributed by atoms with Gasteiger partial charge in [-0.15, -0.1) is 4.99 Å². The van der Waals surface area contributed by atoms with Crippen LogP contribution in [0.3, 0.4) is 0 Å². The fourth-order valence-electron chi connectivity index (χ4n) is 8.45. The van der Waals surface area contributed by atoms with Crippen LogP contribution in [0.2, 0.25) is 0 Å². The van der Waals surface area contributed by atoms with Gasteiger partial charge in [-0.05, 0) is 190 Å². The van der Waals surface area contributed by atoms with Crippen LogP contribution in [-0.4, -0.2) is 118 Å². The van der Waals surface area contributed by atoms with Gasteiger partial charge in [0.15, 0.2) is 0 Å². The van der Waals surface area contributed by atoms with E-state index in [0.717, 1.165) is 11.1 Å². The summed E-state index contributed by atoms with van der Waals surface area (Å²) in [5.74, 6) is -0.679. The second-order valence-electron chi connectivity index (χ2n) is 26.0. The van der Waals surface area contributed by atoms with Crippen LogP contribution in [0.1, 0.15) is 172 Å². The maximum absolute atomic E-state index is 15.6. The molecule has 0 aromatic heterocycles. The first-order chi connectivity index (χ1) is 38.5. The highest BCUT2D eigenvalue weighted by molar-refractivity contribution is 5.99. The average Bonchev–Trinajstić information content (AvgIpc) is 3.50. The molecule has 20 nitrogen and oxygen atoms in total. The minimum atomic E-state index is -1.70. The van der Waals surface area contributed by atoms with Crippen molar-refractivity contribution in [2.45, 2.75) is 226 Å². The summed E-state index contributed by atoms with van der Waals surface area (Å²) in [4.78, 5) is 86.9. The van der Waals surface area contributed by atoms with Gasteiger partial charge < -0.3 is 61.1 Å². The number of nitrogens with two attached hydrogens (primary N) is 1. The summed E-state index contributed by atoms with van der Waals surface area (Å²) < 4.78 is 28.3. The van der Waals surface area contributed by atoms with Crippen LogP contribution in [0.5, 0.6) is 11.5 Å². The van der Waals surface area contributed by atoms with Crippen molar-refractivity contribution < 1.29 is 57.6 Å². The second kappa shape index (κ2) is 32.2. The van der Waals surface area contributed by atoms with Crippen LogP contribution in [0.15, 0.2) is 83.9 Å². The van der Waals surface area contributed by atoms with Crippen molar-refractivity contribution in [3.63, 3.8) is 0 Å². The van der Waals surface area contributed by atoms with Crippen molar-refractivity contribution in [1.82, 2.24) is 31.9 Å². The van der Waals surface area contributed by atoms with E-state index in [4.69, 9.17) is 29.4 Å². The van der Waals surface area contributed by atoms with E-state index >= 15 is 4.79 Å². The number of carbonyl (C=O) groups is 6. The Balaban J connectivity index is 2.07. The van der Waals surface area contributed by atoms with E-state index in [9.17, 15) is 29.1 Å². The van der Waals surface area contributed by atoms with Gasteiger partial charge in [0.25, 0.3) is 0 Å². The average molecular weight is 1160 g/mol. The van der Waals surface area contributed by atoms with Gasteiger partial charge in [0, 0.05) is 19.5 Å². The number of alkyl carbamates (subject to hydrolysis) is 2. The molecular weight excluding hydrogens is 1060 g/mol. The van der Waals surface area contributed by atoms with Crippen LogP contribution in [0.25, 0.3) is 0 Å². The number of hydrogen-bond acceptors (Lipinski definition) is 13. The van der Waals surface area contributed by atoms with Crippen molar-refractivity contribution in [3.05, 3.63) is 95.6 Å². The number of carbonyl (C=O) groups excluding carboxylic acids is 6. The molecule has 0 aliphatic rings. The van der Waals surface area contributed by atoms with Gasteiger partial charge in [0.1, 0.15) is 51.1 Å². The molecule has 0 unspecified atom stereocenters. The molecule has 6 amide bonds. The second-order valence-corrected chi connectivity index (χ2v) is 26.0. The number of aliphatic hydroxyl groups excluding tert-OH is 1. The van der Waals surface area contributed by atoms with Gasteiger partial charge in [-0.3, -0.25) is 19.7 Å². The maximum atomic E-state index is 15.6. The Kier molecular flexibility index (Phi) is 27.3. The number of aliphatic hydroxyl groups is 1. The fraction of sp³-hybridized carbons (Fsp3) is 0.603. The Bertz CT molecular complexity index is 2540. The van der Waals surface area contributed by atoms with Crippen LogP contribution in [-0.2, 0) is 47.9 Å². The summed E-state index contributed by atoms with van der Waals surface area (Å²) in [6.45, 7) is 27.3. The third-order valence-electron chi connectivity index (χ3n) is 11.9. The van der Waals surface area contributed by atoms with Crippen molar-refractivity contribution in [2.75, 3.05) is 19.7 Å². The zero-order valence-corrected chi connectivity index (χ0v) is 52.1. The smallest absolute Gasteiger partial charge is 0.437 e. The minimum Gasteiger partial charge on any atom is -0.488 e. The Labute approximate surface area is 493 Å². The number of ether oxygens (including phenoxy) is 5. The first kappa shape index (κ1) is 70.3. The quantitative estimate of drug-likeness (QED) is 0.0153. The Morgan fingerprint density at radius 2 is 1.05 bits per heavy atom. The molecule has 0 heterocycles. The standard InChI is InChI=1S/C63H98N8O12/c1-58(2,3)79-47-32-28-44(29-33-47)40-49(64)51(73)71-63(41-45-30-34-48(35-31-45)80-59(4,5)6,36-22-16-17-23-37-65-54(69-56(77)82-61(10,11)12)70-57(78)83-62(13,14)15)53(75)68-50(27-21-24-38-66-55(76)81-60(7,8)9)52(74)67-46(42-72)39-43-25-19-18-20-26-43/h18-20,25-26,28-35,46,49-50,72H,16-17,21-24,27,36-42,64H2,1-15H3,(H,66,76)(H,67,74)(H,68,75)(H,71,73)(H2,65,69,70,77,78)/t46-,49-,50-,63-/m0/s1. The number of nitrogens with zero attached hydrogens (tertiary/aromatic N) is 1. The monoisotopic (exact) mass is 1160 g/mol. The molecule has 0 fully saturated rings. The predicted octanol–water partition coefficient (Wildman–Crippen LogP) is 9.26. The Morgan fingerprint density at radius 3 is 1.59 bits per heavy atom. The predicted molar refractivity (Wildman–Crippen MR) is 323 cm³/mol. The molecule has 20 heteroatoms. The number of benzene rings is 3. The molecule has 3 aromatic carbocycles. The highest BCUT2D eigenvalue weighted by atomic mass is 16.6. The molecule has 0 bridgehead atoms. The fourth-order valence-corrected chi connectivity index (χ4v) is 8.45. The Hall–Kier alpha value is -6.93. The number of nitrogens with one attached hydrogen (secondary N) is 6. The largest absolute Gasteiger partial charge is 0.488 e. The molecule has 4 atom stereocenters. The third kappa shape index (κ3) is 30.3. The van der Waals surface area contributed by atoms with Crippen molar-refractivity contribution in [3.8, 4) is 11.5 Å². The summed E-state index contributed by atoms with van der Waals surface area (Å²) >= 11 is 0. The molecule has 3 aromatic rings. The summed E-state index contributed by atoms with van der Waals surface area (Å²) in [5, 5.41) is 27.9. The summed E-state index contributed by atoms with van der Waals surface area (Å²) in [7, 11) is 0. The normalized spacial score (nSPS) is 14.1. The van der Waals surface area contributed by atoms with Gasteiger partial charge in [-0.2, -0.15) is 0 Å². The van der Waals surface area contributed by atoms with E-state index in [1.165, 1.54) is 0 Å². The number of hydrogen-bond donors (Lipinski definition) is 8. The lowest BCUT2D eigenvalue weighted by Crippen LogP contribution is -2.65. The number of amides is 6. The van der Waals surface area contributed by atoms with Gasteiger partial charge in [0.2, 0.25) is 23.7 Å². The molecule has 3 rings (SSSR count). The van der Waals surface area contributed by atoms with Crippen LogP contribution in [0.4, 0.5) is 14.4 Å². The van der Waals surface area contributed by atoms with Gasteiger partial charge in [0.05, 0.1) is 18.7 Å². The van der Waals surface area contributed by atoms with Gasteiger partial charge >= 0.3 is 18.3 Å². The lowest BCUT2D eigenvalue weighted by atomic mass is 9.83. The van der Waals surface area contributed by atoms with Crippen LogP contribution >= 0.6 is 0 Å². The highest BCUT2D eigenvalue weighted by Gasteiger charge is 2.42. The number of aliphatic imine (C=N–C) groups is 1. The van der Waals surface area contributed by atoms with E-state index in [0.29, 0.717) is 62.0 Å². The molecule has 83 heavy (non-hydrogen) atoms. The zero-order chi connectivity index (χ0) is 62.2. The van der Waals surface area contributed by atoms with E-state index in [2.05, 4.69) is 36.9 Å². The molecular formula is C63H98N8O12. The van der Waals surface area contributed by atoms with E-state index < -0.39 is 87.7 Å². The Morgan fingerprint density at radius 1 is 0.542 bits per heavy atom. The number of guanidine groups is 1. The maximum Gasteiger partial charge on any atom is 0.437 e. The van der Waals surface area contributed by atoms with E-state index in [1.807, 2.05) is 108 Å². The summed E-state index contributed by atoms with van der Waals surface area (Å²) in [6.07, 6.45) is 1.18. The molecule has 462 valence electrons. The molecule has 0 aliphatic carbocycles. The van der Waals surface area contributed by atoms with Crippen LogP contribution < -0.4 is 47.1 Å². The lowest BCUT2D eigenvalue weighted by molar-refractivity contribution is -0.137. The van der Waals surface area contributed by atoms with Crippen molar-refractivity contribution >= 4 is 42.0 Å². The highest BCUT2D eigenvalue weighted by Crippen LogP contribution is 2.27. The first-order valence-corrected chi connectivity index (χ1v) is 28.9. The molecule has 9 N–H and O–H groups in total. The third-order valence-corrected chi connectivity index (χ3v) is 11.9.